The molecule has 1 unspecified atom stereocenters. The minimum absolute atomic E-state index is 0.0260. The molecule has 0 saturated carbocycles. The molecule has 7 heteroatoms. The minimum Gasteiger partial charge on any atom is -0.373 e. The van der Waals surface area contributed by atoms with Crippen molar-refractivity contribution in [3.63, 3.8) is 0 Å². The summed E-state index contributed by atoms with van der Waals surface area (Å²) in [6.45, 7) is 12.5. The van der Waals surface area contributed by atoms with Gasteiger partial charge in [0.25, 0.3) is 0 Å². The lowest BCUT2D eigenvalue weighted by Crippen LogP contribution is -2.28. The van der Waals surface area contributed by atoms with Crippen LogP contribution in [-0.2, 0) is 23.1 Å². The molecule has 6 nitrogen and oxygen atoms in total. The zero-order valence-corrected chi connectivity index (χ0v) is 17.3. The fourth-order valence-corrected chi connectivity index (χ4v) is 4.89. The average molecular weight is 378 g/mol. The Hall–Kier alpha value is 0.0300. The molecule has 0 aromatic rings. The van der Waals surface area contributed by atoms with Crippen molar-refractivity contribution >= 4 is 7.82 Å². The van der Waals surface area contributed by atoms with Gasteiger partial charge in [0.1, 0.15) is 0 Å². The number of rotatable bonds is 8. The summed E-state index contributed by atoms with van der Waals surface area (Å²) in [4.78, 5) is 10.2. The maximum Gasteiger partial charge on any atom is 0.472 e. The van der Waals surface area contributed by atoms with Gasteiger partial charge in [0.05, 0.1) is 37.1 Å². The van der Waals surface area contributed by atoms with Crippen molar-refractivity contribution < 1.29 is 28.0 Å². The van der Waals surface area contributed by atoms with E-state index in [1.54, 1.807) is 0 Å². The second-order valence-electron chi connectivity index (χ2n) is 8.39. The van der Waals surface area contributed by atoms with Gasteiger partial charge >= 0.3 is 7.82 Å². The van der Waals surface area contributed by atoms with Crippen LogP contribution < -0.4 is 0 Å². The van der Waals surface area contributed by atoms with E-state index in [0.717, 1.165) is 12.8 Å². The summed E-state index contributed by atoms with van der Waals surface area (Å²) in [7, 11) is -4.14. The van der Waals surface area contributed by atoms with E-state index in [1.165, 1.54) is 0 Å². The molecule has 0 radical (unpaired) electrons. The van der Waals surface area contributed by atoms with Gasteiger partial charge in [0.15, 0.2) is 0 Å². The molecular weight excluding hydrogens is 343 g/mol. The topological polar surface area (TPSA) is 74.2 Å². The van der Waals surface area contributed by atoms with Gasteiger partial charge in [0, 0.05) is 6.42 Å². The Morgan fingerprint density at radius 1 is 1.08 bits per heavy atom. The van der Waals surface area contributed by atoms with Crippen molar-refractivity contribution in [3.8, 4) is 0 Å². The van der Waals surface area contributed by atoms with Crippen molar-refractivity contribution in [1.82, 2.24) is 0 Å². The minimum atomic E-state index is -4.14. The predicted molar refractivity (Wildman–Crippen MR) is 96.3 cm³/mol. The van der Waals surface area contributed by atoms with E-state index in [9.17, 15) is 9.46 Å². The quantitative estimate of drug-likeness (QED) is 0.639. The number of hydrogen-bond acceptors (Lipinski definition) is 5. The number of phosphoric acid groups is 1. The van der Waals surface area contributed by atoms with Crippen LogP contribution in [0.4, 0.5) is 0 Å². The van der Waals surface area contributed by atoms with Gasteiger partial charge in [-0.25, -0.2) is 4.57 Å². The van der Waals surface area contributed by atoms with Crippen molar-refractivity contribution in [2.45, 2.75) is 91.3 Å². The summed E-state index contributed by atoms with van der Waals surface area (Å²) in [5, 5.41) is 0. The second kappa shape index (κ2) is 8.81. The molecule has 0 aromatic carbocycles. The summed E-state index contributed by atoms with van der Waals surface area (Å²) in [5.41, 5.74) is 0. The summed E-state index contributed by atoms with van der Waals surface area (Å²) in [5.74, 6) is 1.20. The van der Waals surface area contributed by atoms with Gasteiger partial charge in [0.2, 0.25) is 0 Å². The molecule has 0 aliphatic carbocycles. The van der Waals surface area contributed by atoms with E-state index in [0.29, 0.717) is 24.2 Å². The fraction of sp³-hybridized carbons (Fsp3) is 1.00. The molecule has 2 heterocycles. The van der Waals surface area contributed by atoms with Crippen LogP contribution in [0.1, 0.15) is 60.8 Å². The van der Waals surface area contributed by atoms with Gasteiger partial charge in [-0.1, -0.05) is 27.7 Å². The van der Waals surface area contributed by atoms with Crippen LogP contribution in [0.25, 0.3) is 0 Å². The van der Waals surface area contributed by atoms with Gasteiger partial charge < -0.3 is 14.4 Å². The third-order valence-electron chi connectivity index (χ3n) is 5.11. The maximum atomic E-state index is 12.4. The third kappa shape index (κ3) is 6.30. The third-order valence-corrected chi connectivity index (χ3v) is 6.12. The maximum absolute atomic E-state index is 12.4. The predicted octanol–water partition coefficient (Wildman–Crippen LogP) is 4.16. The normalized spacial score (nSPS) is 38.6. The van der Waals surface area contributed by atoms with Crippen molar-refractivity contribution in [2.75, 3.05) is 6.61 Å². The Kier molecular flexibility index (Phi) is 7.52. The van der Waals surface area contributed by atoms with Gasteiger partial charge in [-0.3, -0.25) is 9.05 Å². The van der Waals surface area contributed by atoms with Crippen LogP contribution in [0.3, 0.4) is 0 Å². The smallest absolute Gasteiger partial charge is 0.373 e. The lowest BCUT2D eigenvalue weighted by atomic mass is 9.88. The monoisotopic (exact) mass is 378 g/mol. The summed E-state index contributed by atoms with van der Waals surface area (Å²) >= 11 is 0. The Bertz CT molecular complexity index is 468. The van der Waals surface area contributed by atoms with Crippen LogP contribution in [0.15, 0.2) is 0 Å². The molecule has 0 spiro atoms. The Morgan fingerprint density at radius 3 is 2.28 bits per heavy atom. The zero-order chi connectivity index (χ0) is 18.8. The molecule has 0 aromatic heterocycles. The first-order chi connectivity index (χ1) is 11.6. The Morgan fingerprint density at radius 2 is 1.68 bits per heavy atom. The number of hydrogen-bond donors (Lipinski definition) is 1. The Balaban J connectivity index is 1.89. The standard InChI is InChI=1S/C18H35O6P/c1-11(2)7-16-17(9-14(6)22-16)24-25(19,20)21-10-18-15(12(3)4)8-13(5)23-18/h11-18H,7-10H2,1-6H3,(H,19,20)/t13-,14-,15-,16+,17+,18+/m0/s1. The number of phosphoric ester groups is 1. The van der Waals surface area contributed by atoms with Gasteiger partial charge in [-0.2, -0.15) is 0 Å². The van der Waals surface area contributed by atoms with Crippen molar-refractivity contribution in [3.05, 3.63) is 0 Å². The highest BCUT2D eigenvalue weighted by Crippen LogP contribution is 2.48. The van der Waals surface area contributed by atoms with Crippen molar-refractivity contribution in [1.29, 1.82) is 0 Å². The van der Waals surface area contributed by atoms with Gasteiger partial charge in [-0.15, -0.1) is 0 Å². The molecule has 2 aliphatic heterocycles. The molecule has 2 rings (SSSR count). The first-order valence-electron chi connectivity index (χ1n) is 9.54. The summed E-state index contributed by atoms with van der Waals surface area (Å²) in [6, 6.07) is 0. The molecule has 25 heavy (non-hydrogen) atoms. The van der Waals surface area contributed by atoms with Crippen molar-refractivity contribution in [2.24, 2.45) is 17.8 Å². The van der Waals surface area contributed by atoms with Crippen LogP contribution in [0.2, 0.25) is 0 Å². The molecule has 2 aliphatic rings. The van der Waals surface area contributed by atoms with Crippen LogP contribution in [-0.4, -0.2) is 42.0 Å². The lowest BCUT2D eigenvalue weighted by Gasteiger charge is -2.25. The second-order valence-corrected chi connectivity index (χ2v) is 9.79. The van der Waals surface area contributed by atoms with E-state index in [1.807, 2.05) is 13.8 Å². The first-order valence-corrected chi connectivity index (χ1v) is 11.0. The fourth-order valence-electron chi connectivity index (χ4n) is 3.93. The Labute approximate surface area is 152 Å². The molecule has 148 valence electrons. The first kappa shape index (κ1) is 21.3. The molecule has 1 N–H and O–H groups in total. The molecule has 7 atom stereocenters. The SMILES string of the molecule is CC(C)C[C@H]1O[C@@H](C)C[C@H]1OP(=O)(O)OC[C@H]1O[C@@H](C)C[C@H]1C(C)C. The van der Waals surface area contributed by atoms with Crippen LogP contribution in [0, 0.1) is 17.8 Å². The zero-order valence-electron chi connectivity index (χ0n) is 16.4. The van der Waals surface area contributed by atoms with E-state index in [4.69, 9.17) is 18.5 Å². The van der Waals surface area contributed by atoms with E-state index in [-0.39, 0.29) is 31.0 Å². The highest BCUT2D eigenvalue weighted by molar-refractivity contribution is 7.47. The lowest BCUT2D eigenvalue weighted by molar-refractivity contribution is -0.0190. The summed E-state index contributed by atoms with van der Waals surface area (Å²) in [6.07, 6.45) is 1.81. The van der Waals surface area contributed by atoms with E-state index >= 15 is 0 Å². The van der Waals surface area contributed by atoms with Crippen LogP contribution >= 0.6 is 7.82 Å². The molecule has 2 saturated heterocycles. The molecule has 2 fully saturated rings. The highest BCUT2D eigenvalue weighted by Gasteiger charge is 2.41. The molecule has 0 amide bonds. The summed E-state index contributed by atoms with van der Waals surface area (Å²) < 4.78 is 34.9. The highest BCUT2D eigenvalue weighted by atomic mass is 31.2. The van der Waals surface area contributed by atoms with E-state index < -0.39 is 13.9 Å². The largest absolute Gasteiger partial charge is 0.472 e. The number of ether oxygens (including phenoxy) is 2. The van der Waals surface area contributed by atoms with Crippen LogP contribution in [0.5, 0.6) is 0 Å². The van der Waals surface area contributed by atoms with Gasteiger partial charge in [-0.05, 0) is 44.4 Å². The molecular formula is C18H35O6P. The average Bonchev–Trinajstić information content (AvgIpc) is 2.99. The van der Waals surface area contributed by atoms with E-state index in [2.05, 4.69) is 27.7 Å². The molecule has 0 bridgehead atoms.